The van der Waals surface area contributed by atoms with Crippen LogP contribution in [-0.2, 0) is 11.2 Å². The van der Waals surface area contributed by atoms with Crippen molar-refractivity contribution in [2.24, 2.45) is 0 Å². The molecule has 54 valence electrons. The SMILES string of the molecule is Cc1conc1CC(=O)O. The lowest BCUT2D eigenvalue weighted by Gasteiger charge is -1.87. The second kappa shape index (κ2) is 2.51. The van der Waals surface area contributed by atoms with E-state index < -0.39 is 5.97 Å². The van der Waals surface area contributed by atoms with Gasteiger partial charge in [-0.15, -0.1) is 0 Å². The van der Waals surface area contributed by atoms with Crippen molar-refractivity contribution in [3.8, 4) is 0 Å². The van der Waals surface area contributed by atoms with Gasteiger partial charge in [0.05, 0.1) is 12.1 Å². The monoisotopic (exact) mass is 141 g/mol. The quantitative estimate of drug-likeness (QED) is 0.655. The zero-order valence-electron chi connectivity index (χ0n) is 5.50. The molecule has 0 bridgehead atoms. The van der Waals surface area contributed by atoms with E-state index in [2.05, 4.69) is 9.68 Å². The molecule has 1 heterocycles. The molecule has 1 rings (SSSR count). The van der Waals surface area contributed by atoms with Crippen molar-refractivity contribution >= 4 is 5.97 Å². The third-order valence-corrected chi connectivity index (χ3v) is 1.17. The first kappa shape index (κ1) is 6.80. The van der Waals surface area contributed by atoms with Gasteiger partial charge in [-0.3, -0.25) is 4.79 Å². The molecule has 1 aromatic heterocycles. The molecule has 0 unspecified atom stereocenters. The molecule has 4 nitrogen and oxygen atoms in total. The van der Waals surface area contributed by atoms with E-state index in [1.807, 2.05) is 0 Å². The van der Waals surface area contributed by atoms with Gasteiger partial charge in [0.25, 0.3) is 0 Å². The van der Waals surface area contributed by atoms with Gasteiger partial charge in [0.1, 0.15) is 6.26 Å². The van der Waals surface area contributed by atoms with Crippen LogP contribution < -0.4 is 0 Å². The summed E-state index contributed by atoms with van der Waals surface area (Å²) in [6.07, 6.45) is 1.36. The highest BCUT2D eigenvalue weighted by atomic mass is 16.5. The van der Waals surface area contributed by atoms with Gasteiger partial charge >= 0.3 is 5.97 Å². The third-order valence-electron chi connectivity index (χ3n) is 1.17. The number of aliphatic carboxylic acids is 1. The topological polar surface area (TPSA) is 63.3 Å². The Morgan fingerprint density at radius 2 is 2.60 bits per heavy atom. The summed E-state index contributed by atoms with van der Waals surface area (Å²) in [5, 5.41) is 11.8. The van der Waals surface area contributed by atoms with E-state index in [1.165, 1.54) is 6.26 Å². The van der Waals surface area contributed by atoms with E-state index in [9.17, 15) is 4.79 Å². The minimum atomic E-state index is -0.892. The fourth-order valence-corrected chi connectivity index (χ4v) is 0.624. The van der Waals surface area contributed by atoms with Gasteiger partial charge in [-0.25, -0.2) is 0 Å². The molecule has 0 radical (unpaired) electrons. The maximum atomic E-state index is 10.1. The van der Waals surface area contributed by atoms with E-state index in [1.54, 1.807) is 6.92 Å². The zero-order chi connectivity index (χ0) is 7.56. The number of hydrogen-bond acceptors (Lipinski definition) is 3. The molecular formula is C6H7NO3. The molecular weight excluding hydrogens is 134 g/mol. The van der Waals surface area contributed by atoms with E-state index in [-0.39, 0.29) is 6.42 Å². The van der Waals surface area contributed by atoms with Gasteiger partial charge in [-0.1, -0.05) is 5.16 Å². The molecule has 1 N–H and O–H groups in total. The molecule has 1 aromatic rings. The Balaban J connectivity index is 2.74. The third kappa shape index (κ3) is 1.34. The minimum absolute atomic E-state index is 0.0671. The van der Waals surface area contributed by atoms with Crippen LogP contribution in [0.4, 0.5) is 0 Å². The molecule has 0 aromatic carbocycles. The van der Waals surface area contributed by atoms with Crippen LogP contribution in [0.5, 0.6) is 0 Å². The lowest BCUT2D eigenvalue weighted by molar-refractivity contribution is -0.136. The summed E-state index contributed by atoms with van der Waals surface area (Å²) in [6, 6.07) is 0. The first-order chi connectivity index (χ1) is 4.70. The number of carboxylic acids is 1. The number of nitrogens with zero attached hydrogens (tertiary/aromatic N) is 1. The molecule has 0 aliphatic heterocycles. The van der Waals surface area contributed by atoms with Crippen LogP contribution in [-0.4, -0.2) is 16.2 Å². The lowest BCUT2D eigenvalue weighted by atomic mass is 10.2. The van der Waals surface area contributed by atoms with Gasteiger partial charge in [-0.05, 0) is 6.92 Å². The smallest absolute Gasteiger partial charge is 0.309 e. The van der Waals surface area contributed by atoms with Crippen molar-refractivity contribution in [1.82, 2.24) is 5.16 Å². The summed E-state index contributed by atoms with van der Waals surface area (Å²) < 4.78 is 4.53. The predicted octanol–water partition coefficient (Wildman–Crippen LogP) is 0.610. The maximum absolute atomic E-state index is 10.1. The molecule has 0 saturated carbocycles. The second-order valence-electron chi connectivity index (χ2n) is 2.01. The average molecular weight is 141 g/mol. The summed E-state index contributed by atoms with van der Waals surface area (Å²) in [4.78, 5) is 10.1. The lowest BCUT2D eigenvalue weighted by Crippen LogP contribution is -2.01. The molecule has 0 aliphatic carbocycles. The summed E-state index contributed by atoms with van der Waals surface area (Å²) in [7, 11) is 0. The van der Waals surface area contributed by atoms with Crippen LogP contribution in [0.3, 0.4) is 0 Å². The predicted molar refractivity (Wildman–Crippen MR) is 32.6 cm³/mol. The summed E-state index contributed by atoms with van der Waals surface area (Å²) in [5.41, 5.74) is 1.27. The number of hydrogen-bond donors (Lipinski definition) is 1. The Hall–Kier alpha value is -1.32. The number of carbonyl (C=O) groups is 1. The number of carboxylic acid groups (broad SMARTS) is 1. The van der Waals surface area contributed by atoms with Crippen LogP contribution >= 0.6 is 0 Å². The molecule has 0 spiro atoms. The van der Waals surface area contributed by atoms with Crippen LogP contribution in [0.1, 0.15) is 11.3 Å². The Kier molecular flexibility index (Phi) is 1.71. The first-order valence-electron chi connectivity index (χ1n) is 2.82. The first-order valence-corrected chi connectivity index (χ1v) is 2.82. The molecule has 0 amide bonds. The van der Waals surface area contributed by atoms with Crippen molar-refractivity contribution in [3.05, 3.63) is 17.5 Å². The number of aryl methyl sites for hydroxylation is 1. The molecule has 0 saturated heterocycles. The van der Waals surface area contributed by atoms with Crippen molar-refractivity contribution in [3.63, 3.8) is 0 Å². The second-order valence-corrected chi connectivity index (χ2v) is 2.01. The molecule has 10 heavy (non-hydrogen) atoms. The fourth-order valence-electron chi connectivity index (χ4n) is 0.624. The normalized spacial score (nSPS) is 9.70. The van der Waals surface area contributed by atoms with Gasteiger partial charge in [0, 0.05) is 5.56 Å². The summed E-state index contributed by atoms with van der Waals surface area (Å²) in [6.45, 7) is 1.76. The van der Waals surface area contributed by atoms with E-state index in [4.69, 9.17) is 5.11 Å². The molecule has 0 aliphatic rings. The largest absolute Gasteiger partial charge is 0.481 e. The van der Waals surface area contributed by atoms with Crippen molar-refractivity contribution < 1.29 is 14.4 Å². The summed E-state index contributed by atoms with van der Waals surface area (Å²) in [5.74, 6) is -0.892. The average Bonchev–Trinajstić information content (AvgIpc) is 2.15. The molecule has 4 heteroatoms. The van der Waals surface area contributed by atoms with Crippen LogP contribution in [0, 0.1) is 6.92 Å². The highest BCUT2D eigenvalue weighted by molar-refractivity contribution is 5.69. The van der Waals surface area contributed by atoms with E-state index in [0.29, 0.717) is 5.69 Å². The Labute approximate surface area is 57.4 Å². The fraction of sp³-hybridized carbons (Fsp3) is 0.333. The van der Waals surface area contributed by atoms with E-state index >= 15 is 0 Å². The number of rotatable bonds is 2. The van der Waals surface area contributed by atoms with Crippen LogP contribution in [0.2, 0.25) is 0 Å². The van der Waals surface area contributed by atoms with Gasteiger partial charge in [0.15, 0.2) is 0 Å². The standard InChI is InChI=1S/C6H7NO3/c1-4-3-10-7-5(4)2-6(8)9/h3H,2H2,1H3,(H,8,9). The van der Waals surface area contributed by atoms with Crippen LogP contribution in [0.25, 0.3) is 0 Å². The molecule has 0 fully saturated rings. The van der Waals surface area contributed by atoms with Crippen LogP contribution in [0.15, 0.2) is 10.8 Å². The van der Waals surface area contributed by atoms with Crippen molar-refractivity contribution in [2.45, 2.75) is 13.3 Å². The van der Waals surface area contributed by atoms with Crippen molar-refractivity contribution in [2.75, 3.05) is 0 Å². The number of aromatic nitrogens is 1. The summed E-state index contributed by atoms with van der Waals surface area (Å²) >= 11 is 0. The maximum Gasteiger partial charge on any atom is 0.309 e. The Morgan fingerprint density at radius 1 is 1.90 bits per heavy atom. The van der Waals surface area contributed by atoms with E-state index in [0.717, 1.165) is 5.56 Å². The van der Waals surface area contributed by atoms with Gasteiger partial charge < -0.3 is 9.63 Å². The van der Waals surface area contributed by atoms with Gasteiger partial charge in [-0.2, -0.15) is 0 Å². The molecule has 0 atom stereocenters. The highest BCUT2D eigenvalue weighted by Gasteiger charge is 2.06. The zero-order valence-corrected chi connectivity index (χ0v) is 5.50. The minimum Gasteiger partial charge on any atom is -0.481 e. The van der Waals surface area contributed by atoms with Crippen molar-refractivity contribution in [1.29, 1.82) is 0 Å². The highest BCUT2D eigenvalue weighted by Crippen LogP contribution is 2.04. The Bertz CT molecular complexity index is 241. The van der Waals surface area contributed by atoms with Gasteiger partial charge in [0.2, 0.25) is 0 Å². The Morgan fingerprint density at radius 3 is 3.00 bits per heavy atom.